The number of nitrogens with zero attached hydrogens (tertiary/aromatic N) is 1. The minimum Gasteiger partial charge on any atom is -0.394 e. The van der Waals surface area contributed by atoms with Crippen molar-refractivity contribution in [3.8, 4) is 0 Å². The summed E-state index contributed by atoms with van der Waals surface area (Å²) in [6.45, 7) is 1.26. The number of halogens is 2. The Morgan fingerprint density at radius 3 is 2.90 bits per heavy atom. The fraction of sp³-hybridized carbons (Fsp3) is 0.368. The Labute approximate surface area is 179 Å². The van der Waals surface area contributed by atoms with Crippen LogP contribution in [0.5, 0.6) is 0 Å². The molecule has 1 aromatic carbocycles. The number of anilines is 2. The third kappa shape index (κ3) is 4.60. The van der Waals surface area contributed by atoms with Crippen LogP contribution in [-0.2, 0) is 17.8 Å². The maximum Gasteiger partial charge on any atom is 0.278 e. The van der Waals surface area contributed by atoms with Crippen molar-refractivity contribution >= 4 is 39.9 Å². The number of aliphatic hydroxyl groups is 2. The topological polar surface area (TPSA) is 113 Å². The predicted molar refractivity (Wildman–Crippen MR) is 113 cm³/mol. The Hall–Kier alpha value is -2.02. The molecule has 1 aromatic heterocycles. The summed E-state index contributed by atoms with van der Waals surface area (Å²) in [5.74, 6) is -1.14. The highest BCUT2D eigenvalue weighted by molar-refractivity contribution is 14.1. The smallest absolute Gasteiger partial charge is 0.278 e. The van der Waals surface area contributed by atoms with Crippen molar-refractivity contribution in [3.63, 3.8) is 0 Å². The van der Waals surface area contributed by atoms with Gasteiger partial charge in [-0.3, -0.25) is 14.4 Å². The second kappa shape index (κ2) is 9.20. The summed E-state index contributed by atoms with van der Waals surface area (Å²) in [7, 11) is 0. The molecule has 0 spiro atoms. The van der Waals surface area contributed by atoms with E-state index >= 15 is 0 Å². The van der Waals surface area contributed by atoms with Crippen LogP contribution in [-0.4, -0.2) is 40.0 Å². The van der Waals surface area contributed by atoms with Crippen molar-refractivity contribution in [2.75, 3.05) is 18.5 Å². The van der Waals surface area contributed by atoms with E-state index in [2.05, 4.69) is 10.8 Å². The molecule has 2 heterocycles. The minimum atomic E-state index is -1.14. The van der Waals surface area contributed by atoms with E-state index in [0.717, 1.165) is 0 Å². The maximum atomic E-state index is 14.4. The molecule has 4 N–H and O–H groups in total. The van der Waals surface area contributed by atoms with Crippen LogP contribution in [0.25, 0.3) is 0 Å². The third-order valence-electron chi connectivity index (χ3n) is 4.67. The van der Waals surface area contributed by atoms with E-state index in [-0.39, 0.29) is 34.7 Å². The second-order valence-electron chi connectivity index (χ2n) is 6.71. The highest BCUT2D eigenvalue weighted by Gasteiger charge is 2.28. The molecule has 29 heavy (non-hydrogen) atoms. The highest BCUT2D eigenvalue weighted by atomic mass is 127. The Kier molecular flexibility index (Phi) is 6.88. The van der Waals surface area contributed by atoms with E-state index in [0.29, 0.717) is 28.7 Å². The Balaban J connectivity index is 2.01. The van der Waals surface area contributed by atoms with Gasteiger partial charge in [-0.2, -0.15) is 0 Å². The zero-order valence-corrected chi connectivity index (χ0v) is 17.8. The lowest BCUT2D eigenvalue weighted by atomic mass is 10.0. The standard InChI is InChI=1S/C19H21FIN3O5/c1-10-17(22-14-5-4-11(21)7-13(14)20)16(15-3-2-6-24(15)19(10)28)18(27)23-29-9-12(26)8-25/h4-5,7,12,22,25-26H,2-3,6,8-9H2,1H3,(H,23,27)/t12-/m0/s1. The van der Waals surface area contributed by atoms with Gasteiger partial charge in [0.2, 0.25) is 0 Å². The first-order valence-corrected chi connectivity index (χ1v) is 10.1. The lowest BCUT2D eigenvalue weighted by Gasteiger charge is -2.19. The zero-order chi connectivity index (χ0) is 21.1. The van der Waals surface area contributed by atoms with Gasteiger partial charge in [0.15, 0.2) is 0 Å². The molecule has 3 rings (SSSR count). The Morgan fingerprint density at radius 2 is 2.21 bits per heavy atom. The van der Waals surface area contributed by atoms with Gasteiger partial charge in [0, 0.05) is 21.4 Å². The van der Waals surface area contributed by atoms with E-state index in [4.69, 9.17) is 9.94 Å². The lowest BCUT2D eigenvalue weighted by molar-refractivity contribution is -0.0295. The minimum absolute atomic E-state index is 0.140. The van der Waals surface area contributed by atoms with Gasteiger partial charge in [0.25, 0.3) is 11.5 Å². The van der Waals surface area contributed by atoms with Crippen molar-refractivity contribution in [3.05, 3.63) is 54.8 Å². The van der Waals surface area contributed by atoms with E-state index in [1.54, 1.807) is 17.6 Å². The van der Waals surface area contributed by atoms with Gasteiger partial charge in [-0.15, -0.1) is 0 Å². The van der Waals surface area contributed by atoms with E-state index in [9.17, 15) is 19.1 Å². The monoisotopic (exact) mass is 517 g/mol. The number of amides is 1. The maximum absolute atomic E-state index is 14.4. The molecule has 1 atom stereocenters. The molecule has 0 saturated carbocycles. The fourth-order valence-corrected chi connectivity index (χ4v) is 3.69. The van der Waals surface area contributed by atoms with Gasteiger partial charge in [-0.05, 0) is 60.6 Å². The number of fused-ring (bicyclic) bond motifs is 1. The molecule has 1 aliphatic rings. The van der Waals surface area contributed by atoms with E-state index < -0.39 is 24.4 Å². The largest absolute Gasteiger partial charge is 0.394 e. The number of hydroxylamine groups is 1. The summed E-state index contributed by atoms with van der Waals surface area (Å²) < 4.78 is 16.6. The van der Waals surface area contributed by atoms with Crippen LogP contribution in [0.4, 0.5) is 15.8 Å². The van der Waals surface area contributed by atoms with Crippen LogP contribution in [0.1, 0.15) is 28.0 Å². The number of aliphatic hydroxyl groups excluding tert-OH is 2. The molecule has 0 bridgehead atoms. The van der Waals surface area contributed by atoms with Crippen molar-refractivity contribution in [2.45, 2.75) is 32.4 Å². The Bertz CT molecular complexity index is 995. The third-order valence-corrected chi connectivity index (χ3v) is 5.34. The number of hydrogen-bond acceptors (Lipinski definition) is 6. The van der Waals surface area contributed by atoms with Crippen molar-refractivity contribution in [1.82, 2.24) is 10.0 Å². The first-order valence-electron chi connectivity index (χ1n) is 9.02. The average molecular weight is 517 g/mol. The van der Waals surface area contributed by atoms with Crippen molar-refractivity contribution in [2.24, 2.45) is 0 Å². The SMILES string of the molecule is Cc1c(Nc2ccc(I)cc2F)c(C(=O)NOC[C@@H](O)CO)c2n(c1=O)CCC2. The molecular formula is C19H21FIN3O5. The summed E-state index contributed by atoms with van der Waals surface area (Å²) in [5, 5.41) is 21.1. The van der Waals surface area contributed by atoms with Crippen LogP contribution in [0.2, 0.25) is 0 Å². The molecule has 8 nitrogen and oxygen atoms in total. The van der Waals surface area contributed by atoms with Crippen molar-refractivity contribution in [1.29, 1.82) is 0 Å². The molecule has 156 valence electrons. The number of rotatable bonds is 7. The predicted octanol–water partition coefficient (Wildman–Crippen LogP) is 1.60. The van der Waals surface area contributed by atoms with Crippen LogP contribution in [0.15, 0.2) is 23.0 Å². The summed E-state index contributed by atoms with van der Waals surface area (Å²) in [4.78, 5) is 30.6. The van der Waals surface area contributed by atoms with Crippen LogP contribution in [0.3, 0.4) is 0 Å². The van der Waals surface area contributed by atoms with Gasteiger partial charge >= 0.3 is 0 Å². The normalized spacial score (nSPS) is 13.8. The summed E-state index contributed by atoms with van der Waals surface area (Å²) >= 11 is 1.99. The molecule has 1 amide bonds. The second-order valence-corrected chi connectivity index (χ2v) is 7.96. The van der Waals surface area contributed by atoms with Gasteiger partial charge in [-0.1, -0.05) is 0 Å². The number of pyridine rings is 1. The molecule has 0 unspecified atom stereocenters. The van der Waals surface area contributed by atoms with E-state index in [1.165, 1.54) is 12.1 Å². The van der Waals surface area contributed by atoms with Gasteiger partial charge in [0.05, 0.1) is 23.5 Å². The average Bonchev–Trinajstić information content (AvgIpc) is 3.17. The number of carbonyl (C=O) groups excluding carboxylic acids is 1. The summed E-state index contributed by atoms with van der Waals surface area (Å²) in [5.41, 5.74) is 3.37. The molecule has 0 saturated heterocycles. The fourth-order valence-electron chi connectivity index (χ4n) is 3.23. The van der Waals surface area contributed by atoms with Crippen LogP contribution < -0.4 is 16.4 Å². The number of benzene rings is 1. The molecular weight excluding hydrogens is 496 g/mol. The zero-order valence-electron chi connectivity index (χ0n) is 15.7. The molecule has 10 heteroatoms. The molecule has 0 fully saturated rings. The first-order chi connectivity index (χ1) is 13.8. The number of hydrogen-bond donors (Lipinski definition) is 4. The van der Waals surface area contributed by atoms with Crippen LogP contribution in [0, 0.1) is 16.3 Å². The van der Waals surface area contributed by atoms with Gasteiger partial charge < -0.3 is 20.1 Å². The molecule has 0 radical (unpaired) electrons. The number of carbonyl (C=O) groups is 1. The molecule has 0 aliphatic carbocycles. The Morgan fingerprint density at radius 1 is 1.45 bits per heavy atom. The first kappa shape index (κ1) is 21.7. The van der Waals surface area contributed by atoms with Gasteiger partial charge in [0.1, 0.15) is 18.5 Å². The van der Waals surface area contributed by atoms with Crippen molar-refractivity contribution < 1.29 is 24.2 Å². The quantitative estimate of drug-likeness (QED) is 0.328. The lowest BCUT2D eigenvalue weighted by Crippen LogP contribution is -2.33. The molecule has 1 aliphatic heterocycles. The number of aromatic nitrogens is 1. The van der Waals surface area contributed by atoms with E-state index in [1.807, 2.05) is 22.6 Å². The number of nitrogens with one attached hydrogen (secondary N) is 2. The highest BCUT2D eigenvalue weighted by Crippen LogP contribution is 2.30. The summed E-state index contributed by atoms with van der Waals surface area (Å²) in [6, 6.07) is 4.59. The van der Waals surface area contributed by atoms with Crippen LogP contribution >= 0.6 is 22.6 Å². The van der Waals surface area contributed by atoms with Gasteiger partial charge in [-0.25, -0.2) is 9.87 Å². The molecule has 2 aromatic rings. The summed E-state index contributed by atoms with van der Waals surface area (Å²) in [6.07, 6.45) is 0.0848.